The molecule has 1 aromatic carbocycles. The third-order valence-electron chi connectivity index (χ3n) is 3.37. The molecule has 5 heteroatoms. The van der Waals surface area contributed by atoms with Crippen molar-refractivity contribution < 1.29 is 14.6 Å². The minimum Gasteiger partial charge on any atom is -0.496 e. The Balaban J connectivity index is 2.04. The number of carbonyl (C=O) groups excluding carboxylic acids is 1. The summed E-state index contributed by atoms with van der Waals surface area (Å²) in [6.07, 6.45) is 1.66. The van der Waals surface area contributed by atoms with E-state index in [1.54, 1.807) is 30.2 Å². The van der Waals surface area contributed by atoms with E-state index in [0.717, 1.165) is 17.3 Å². The SMILES string of the molecule is CCCC1(O)CN(C(=O)c2ccc(OC)c(Br)c2)C1. The maximum atomic E-state index is 12.2. The summed E-state index contributed by atoms with van der Waals surface area (Å²) in [6, 6.07) is 5.25. The van der Waals surface area contributed by atoms with Gasteiger partial charge in [0.15, 0.2) is 0 Å². The lowest BCUT2D eigenvalue weighted by Crippen LogP contribution is -2.63. The van der Waals surface area contributed by atoms with Crippen LogP contribution in [0.4, 0.5) is 0 Å². The molecule has 1 fully saturated rings. The molecule has 0 spiro atoms. The second kappa shape index (κ2) is 5.51. The Hall–Kier alpha value is -1.07. The van der Waals surface area contributed by atoms with Gasteiger partial charge in [-0.05, 0) is 40.5 Å². The number of carbonyl (C=O) groups is 1. The summed E-state index contributed by atoms with van der Waals surface area (Å²) in [5.74, 6) is 0.645. The van der Waals surface area contributed by atoms with Gasteiger partial charge < -0.3 is 14.7 Å². The third-order valence-corrected chi connectivity index (χ3v) is 3.99. The molecular formula is C14H18BrNO3. The lowest BCUT2D eigenvalue weighted by atomic mass is 9.89. The molecule has 104 valence electrons. The van der Waals surface area contributed by atoms with Gasteiger partial charge in [0, 0.05) is 5.56 Å². The summed E-state index contributed by atoms with van der Waals surface area (Å²) in [7, 11) is 1.59. The monoisotopic (exact) mass is 327 g/mol. The molecule has 2 rings (SSSR count). The molecule has 0 atom stereocenters. The lowest BCUT2D eigenvalue weighted by Gasteiger charge is -2.46. The van der Waals surface area contributed by atoms with Gasteiger partial charge in [-0.2, -0.15) is 0 Å². The van der Waals surface area contributed by atoms with Crippen LogP contribution in [0, 0.1) is 0 Å². The van der Waals surface area contributed by atoms with E-state index in [4.69, 9.17) is 4.74 Å². The average Bonchev–Trinajstić information content (AvgIpc) is 2.35. The van der Waals surface area contributed by atoms with E-state index in [2.05, 4.69) is 15.9 Å². The molecule has 0 aromatic heterocycles. The number of likely N-dealkylation sites (tertiary alicyclic amines) is 1. The fourth-order valence-electron chi connectivity index (χ4n) is 2.41. The topological polar surface area (TPSA) is 49.8 Å². The van der Waals surface area contributed by atoms with E-state index in [1.165, 1.54) is 0 Å². The van der Waals surface area contributed by atoms with E-state index in [1.807, 2.05) is 6.92 Å². The molecule has 1 N–H and O–H groups in total. The van der Waals surface area contributed by atoms with E-state index >= 15 is 0 Å². The number of nitrogens with zero attached hydrogens (tertiary/aromatic N) is 1. The van der Waals surface area contributed by atoms with Crippen molar-refractivity contribution >= 4 is 21.8 Å². The van der Waals surface area contributed by atoms with Gasteiger partial charge in [0.25, 0.3) is 5.91 Å². The van der Waals surface area contributed by atoms with E-state index in [0.29, 0.717) is 24.4 Å². The van der Waals surface area contributed by atoms with E-state index in [-0.39, 0.29) is 5.91 Å². The zero-order valence-electron chi connectivity index (χ0n) is 11.1. The van der Waals surface area contributed by atoms with Crippen LogP contribution in [0.1, 0.15) is 30.1 Å². The van der Waals surface area contributed by atoms with Crippen molar-refractivity contribution in [1.29, 1.82) is 0 Å². The Morgan fingerprint density at radius 3 is 2.74 bits per heavy atom. The molecule has 4 nitrogen and oxygen atoms in total. The van der Waals surface area contributed by atoms with Crippen LogP contribution in [0.25, 0.3) is 0 Å². The Labute approximate surface area is 121 Å². The highest BCUT2D eigenvalue weighted by molar-refractivity contribution is 9.10. The highest BCUT2D eigenvalue weighted by atomic mass is 79.9. The zero-order chi connectivity index (χ0) is 14.0. The van der Waals surface area contributed by atoms with Gasteiger partial charge in [-0.25, -0.2) is 0 Å². The van der Waals surface area contributed by atoms with E-state index in [9.17, 15) is 9.90 Å². The first-order valence-corrected chi connectivity index (χ1v) is 7.13. The lowest BCUT2D eigenvalue weighted by molar-refractivity contribution is -0.0860. The first kappa shape index (κ1) is 14.3. The minimum absolute atomic E-state index is 0.0517. The molecule has 0 aliphatic carbocycles. The van der Waals surface area contributed by atoms with Crippen LogP contribution in [0.5, 0.6) is 5.75 Å². The maximum absolute atomic E-state index is 12.2. The number of β-amino-alcohol motifs (C(OH)–C–C–N with tert-alkyl or cyclic N) is 1. The second-order valence-electron chi connectivity index (χ2n) is 4.98. The largest absolute Gasteiger partial charge is 0.496 e. The fraction of sp³-hybridized carbons (Fsp3) is 0.500. The molecule has 19 heavy (non-hydrogen) atoms. The summed E-state index contributed by atoms with van der Waals surface area (Å²) in [5.41, 5.74) is -0.0834. The van der Waals surface area contributed by atoms with Crippen LogP contribution in [0.15, 0.2) is 22.7 Å². The molecule has 1 heterocycles. The van der Waals surface area contributed by atoms with Crippen LogP contribution in [0.2, 0.25) is 0 Å². The van der Waals surface area contributed by atoms with Gasteiger partial charge in [-0.1, -0.05) is 13.3 Å². The smallest absolute Gasteiger partial charge is 0.254 e. The van der Waals surface area contributed by atoms with Crippen molar-refractivity contribution in [3.05, 3.63) is 28.2 Å². The molecule has 0 bridgehead atoms. The molecular weight excluding hydrogens is 310 g/mol. The van der Waals surface area contributed by atoms with Gasteiger partial charge in [-0.3, -0.25) is 4.79 Å². The molecule has 0 saturated carbocycles. The van der Waals surface area contributed by atoms with Crippen molar-refractivity contribution in [2.75, 3.05) is 20.2 Å². The zero-order valence-corrected chi connectivity index (χ0v) is 12.7. The van der Waals surface area contributed by atoms with Crippen LogP contribution in [-0.4, -0.2) is 41.7 Å². The predicted molar refractivity (Wildman–Crippen MR) is 76.5 cm³/mol. The molecule has 1 aliphatic rings. The number of hydrogen-bond donors (Lipinski definition) is 1. The number of amides is 1. The Morgan fingerprint density at radius 1 is 1.53 bits per heavy atom. The highest BCUT2D eigenvalue weighted by Gasteiger charge is 2.42. The summed E-state index contributed by atoms with van der Waals surface area (Å²) in [6.45, 7) is 2.87. The van der Waals surface area contributed by atoms with Crippen molar-refractivity contribution in [1.82, 2.24) is 4.90 Å². The van der Waals surface area contributed by atoms with E-state index < -0.39 is 5.60 Å². The molecule has 0 unspecified atom stereocenters. The Kier molecular flexibility index (Phi) is 4.16. The number of benzene rings is 1. The normalized spacial score (nSPS) is 16.9. The van der Waals surface area contributed by atoms with Crippen molar-refractivity contribution in [2.45, 2.75) is 25.4 Å². The van der Waals surface area contributed by atoms with Gasteiger partial charge >= 0.3 is 0 Å². The number of aliphatic hydroxyl groups is 1. The molecule has 1 aliphatic heterocycles. The molecule has 1 aromatic rings. The summed E-state index contributed by atoms with van der Waals surface area (Å²) >= 11 is 3.37. The quantitative estimate of drug-likeness (QED) is 0.924. The molecule has 0 radical (unpaired) electrons. The summed E-state index contributed by atoms with van der Waals surface area (Å²) in [4.78, 5) is 13.9. The van der Waals surface area contributed by atoms with Gasteiger partial charge in [0.1, 0.15) is 5.75 Å². The molecule has 1 amide bonds. The Bertz CT molecular complexity index is 484. The standard InChI is InChI=1S/C14H18BrNO3/c1-3-6-14(18)8-16(9-14)13(17)10-4-5-12(19-2)11(15)7-10/h4-5,7,18H,3,6,8-9H2,1-2H3. The van der Waals surface area contributed by atoms with Crippen molar-refractivity contribution in [3.63, 3.8) is 0 Å². The maximum Gasteiger partial charge on any atom is 0.254 e. The number of hydrogen-bond acceptors (Lipinski definition) is 3. The predicted octanol–water partition coefficient (Wildman–Crippen LogP) is 2.44. The van der Waals surface area contributed by atoms with Gasteiger partial charge in [0.2, 0.25) is 0 Å². The number of halogens is 1. The summed E-state index contributed by atoms with van der Waals surface area (Å²) < 4.78 is 5.89. The first-order valence-electron chi connectivity index (χ1n) is 6.34. The second-order valence-corrected chi connectivity index (χ2v) is 5.84. The third kappa shape index (κ3) is 2.92. The highest BCUT2D eigenvalue weighted by Crippen LogP contribution is 2.30. The van der Waals surface area contributed by atoms with Crippen LogP contribution in [0.3, 0.4) is 0 Å². The number of ether oxygens (including phenoxy) is 1. The van der Waals surface area contributed by atoms with Crippen molar-refractivity contribution in [3.8, 4) is 5.75 Å². The Morgan fingerprint density at radius 2 is 2.21 bits per heavy atom. The number of methoxy groups -OCH3 is 1. The summed E-state index contributed by atoms with van der Waals surface area (Å²) in [5, 5.41) is 10.1. The van der Waals surface area contributed by atoms with Crippen LogP contribution >= 0.6 is 15.9 Å². The molecule has 1 saturated heterocycles. The van der Waals surface area contributed by atoms with Crippen LogP contribution < -0.4 is 4.74 Å². The van der Waals surface area contributed by atoms with Crippen LogP contribution in [-0.2, 0) is 0 Å². The van der Waals surface area contributed by atoms with Crippen molar-refractivity contribution in [2.24, 2.45) is 0 Å². The average molecular weight is 328 g/mol. The van der Waals surface area contributed by atoms with Gasteiger partial charge in [-0.15, -0.1) is 0 Å². The number of rotatable bonds is 4. The first-order chi connectivity index (χ1) is 8.99. The van der Waals surface area contributed by atoms with Gasteiger partial charge in [0.05, 0.1) is 30.3 Å². The fourth-order valence-corrected chi connectivity index (χ4v) is 2.95. The minimum atomic E-state index is -0.686.